The van der Waals surface area contributed by atoms with Crippen LogP contribution >= 0.6 is 11.6 Å². The second-order valence-corrected chi connectivity index (χ2v) is 7.61. The van der Waals surface area contributed by atoms with Crippen LogP contribution in [0.25, 0.3) is 11.4 Å². The third kappa shape index (κ3) is 3.68. The maximum Gasteiger partial charge on any atom is 0.254 e. The fraction of sp³-hybridized carbons (Fsp3) is 0.273. The summed E-state index contributed by atoms with van der Waals surface area (Å²) in [7, 11) is 0. The molecule has 0 bridgehead atoms. The smallest absolute Gasteiger partial charge is 0.254 e. The molecule has 27 heavy (non-hydrogen) atoms. The summed E-state index contributed by atoms with van der Waals surface area (Å²) in [4.78, 5) is 22.6. The van der Waals surface area contributed by atoms with Crippen molar-refractivity contribution in [3.63, 3.8) is 0 Å². The highest BCUT2D eigenvalue weighted by Gasteiger charge is 2.22. The van der Waals surface area contributed by atoms with E-state index in [4.69, 9.17) is 16.6 Å². The van der Waals surface area contributed by atoms with Crippen LogP contribution in [0, 0.1) is 13.8 Å². The summed E-state index contributed by atoms with van der Waals surface area (Å²) in [5.74, 6) is 0.601. The summed E-state index contributed by atoms with van der Waals surface area (Å²) >= 11 is 5.97. The molecule has 0 amide bonds. The number of nitrogens with one attached hydrogen (secondary N) is 1. The molecule has 1 aliphatic heterocycles. The quantitative estimate of drug-likeness (QED) is 0.739. The van der Waals surface area contributed by atoms with Gasteiger partial charge < -0.3 is 4.98 Å². The van der Waals surface area contributed by atoms with Gasteiger partial charge in [-0.3, -0.25) is 9.69 Å². The fourth-order valence-electron chi connectivity index (χ4n) is 3.70. The summed E-state index contributed by atoms with van der Waals surface area (Å²) in [5, 5.41) is 0.666. The molecule has 0 unspecified atom stereocenters. The number of benzene rings is 2. The second kappa shape index (κ2) is 7.29. The van der Waals surface area contributed by atoms with Crippen LogP contribution in [0.5, 0.6) is 0 Å². The standard InChI is InChI=1S/C22H22ClN3O/c1-14-4-3-5-15(2)19(14)12-26-11-10-18-20(13-26)24-21(25-22(18)27)16-6-8-17(23)9-7-16/h3-9H,10-13H2,1-2H3,(H,24,25,27). The minimum absolute atomic E-state index is 0.0309. The van der Waals surface area contributed by atoms with Crippen LogP contribution in [-0.4, -0.2) is 21.4 Å². The van der Waals surface area contributed by atoms with Crippen molar-refractivity contribution in [2.75, 3.05) is 6.54 Å². The average molecular weight is 380 g/mol. The highest BCUT2D eigenvalue weighted by Crippen LogP contribution is 2.23. The van der Waals surface area contributed by atoms with Gasteiger partial charge >= 0.3 is 0 Å². The maximum atomic E-state index is 12.6. The third-order valence-corrected chi connectivity index (χ3v) is 5.55. The Labute approximate surface area is 163 Å². The number of rotatable bonds is 3. The Morgan fingerprint density at radius 1 is 1.11 bits per heavy atom. The zero-order valence-electron chi connectivity index (χ0n) is 15.6. The predicted molar refractivity (Wildman–Crippen MR) is 109 cm³/mol. The average Bonchev–Trinajstić information content (AvgIpc) is 2.65. The van der Waals surface area contributed by atoms with Crippen LogP contribution in [0.1, 0.15) is 27.9 Å². The minimum atomic E-state index is -0.0309. The molecule has 1 aliphatic rings. The number of aromatic amines is 1. The lowest BCUT2D eigenvalue weighted by Crippen LogP contribution is -2.35. The van der Waals surface area contributed by atoms with E-state index in [1.165, 1.54) is 16.7 Å². The molecule has 138 valence electrons. The van der Waals surface area contributed by atoms with E-state index in [-0.39, 0.29) is 5.56 Å². The molecule has 1 N–H and O–H groups in total. The van der Waals surface area contributed by atoms with Crippen LogP contribution < -0.4 is 5.56 Å². The number of aryl methyl sites for hydroxylation is 2. The first-order chi connectivity index (χ1) is 13.0. The number of aromatic nitrogens is 2. The Hall–Kier alpha value is -2.43. The van der Waals surface area contributed by atoms with E-state index < -0.39 is 0 Å². The van der Waals surface area contributed by atoms with Gasteiger partial charge in [0.1, 0.15) is 5.82 Å². The van der Waals surface area contributed by atoms with E-state index in [0.717, 1.165) is 36.3 Å². The van der Waals surface area contributed by atoms with Gasteiger partial charge in [-0.15, -0.1) is 0 Å². The lowest BCUT2D eigenvalue weighted by molar-refractivity contribution is 0.239. The summed E-state index contributed by atoms with van der Waals surface area (Å²) in [6, 6.07) is 13.8. The number of nitrogens with zero attached hydrogens (tertiary/aromatic N) is 2. The number of fused-ring (bicyclic) bond motifs is 1. The molecular formula is C22H22ClN3O. The third-order valence-electron chi connectivity index (χ3n) is 5.30. The first-order valence-corrected chi connectivity index (χ1v) is 9.54. The van der Waals surface area contributed by atoms with Crippen molar-refractivity contribution in [1.82, 2.24) is 14.9 Å². The van der Waals surface area contributed by atoms with Crippen LogP contribution in [0.2, 0.25) is 5.02 Å². The van der Waals surface area contributed by atoms with E-state index in [9.17, 15) is 4.79 Å². The summed E-state index contributed by atoms with van der Waals surface area (Å²) in [6.45, 7) is 6.74. The van der Waals surface area contributed by atoms with Crippen LogP contribution in [0.15, 0.2) is 47.3 Å². The summed E-state index contributed by atoms with van der Waals surface area (Å²) in [6.07, 6.45) is 0.726. The monoisotopic (exact) mass is 379 g/mol. The van der Waals surface area contributed by atoms with Crippen molar-refractivity contribution in [2.45, 2.75) is 33.4 Å². The number of halogens is 1. The fourth-order valence-corrected chi connectivity index (χ4v) is 3.82. The number of hydrogen-bond acceptors (Lipinski definition) is 3. The molecule has 1 aromatic heterocycles. The predicted octanol–water partition coefficient (Wildman–Crippen LogP) is 4.27. The van der Waals surface area contributed by atoms with E-state index in [0.29, 0.717) is 17.4 Å². The van der Waals surface area contributed by atoms with Gasteiger partial charge in [-0.1, -0.05) is 29.8 Å². The van der Waals surface area contributed by atoms with Gasteiger partial charge in [-0.25, -0.2) is 4.98 Å². The van der Waals surface area contributed by atoms with Gasteiger partial charge in [-0.2, -0.15) is 0 Å². The van der Waals surface area contributed by atoms with Crippen molar-refractivity contribution in [3.8, 4) is 11.4 Å². The molecule has 3 aromatic rings. The number of hydrogen-bond donors (Lipinski definition) is 1. The first kappa shape index (κ1) is 18.0. The largest absolute Gasteiger partial charge is 0.306 e. The van der Waals surface area contributed by atoms with E-state index >= 15 is 0 Å². The van der Waals surface area contributed by atoms with Gasteiger partial charge in [0.25, 0.3) is 5.56 Å². The van der Waals surface area contributed by atoms with Crippen molar-refractivity contribution < 1.29 is 0 Å². The lowest BCUT2D eigenvalue weighted by atomic mass is 10.0. The molecule has 0 aliphatic carbocycles. The Morgan fingerprint density at radius 3 is 2.52 bits per heavy atom. The van der Waals surface area contributed by atoms with Crippen LogP contribution in [0.4, 0.5) is 0 Å². The zero-order chi connectivity index (χ0) is 19.0. The van der Waals surface area contributed by atoms with Crippen molar-refractivity contribution in [1.29, 1.82) is 0 Å². The molecule has 0 atom stereocenters. The van der Waals surface area contributed by atoms with Gasteiger partial charge in [0.05, 0.1) is 5.69 Å². The highest BCUT2D eigenvalue weighted by atomic mass is 35.5. The molecule has 0 radical (unpaired) electrons. The Balaban J connectivity index is 1.63. The molecule has 0 saturated carbocycles. The lowest BCUT2D eigenvalue weighted by Gasteiger charge is -2.28. The first-order valence-electron chi connectivity index (χ1n) is 9.17. The molecule has 4 rings (SSSR count). The molecule has 2 aromatic carbocycles. The number of H-pyrrole nitrogens is 1. The van der Waals surface area contributed by atoms with Crippen molar-refractivity contribution in [2.24, 2.45) is 0 Å². The van der Waals surface area contributed by atoms with Gasteiger partial charge in [0.15, 0.2) is 0 Å². The van der Waals surface area contributed by atoms with Gasteiger partial charge in [0, 0.05) is 35.8 Å². The van der Waals surface area contributed by atoms with Crippen LogP contribution in [-0.2, 0) is 19.5 Å². The molecule has 0 fully saturated rings. The van der Waals surface area contributed by atoms with E-state index in [1.54, 1.807) is 0 Å². The van der Waals surface area contributed by atoms with Crippen molar-refractivity contribution >= 4 is 11.6 Å². The zero-order valence-corrected chi connectivity index (χ0v) is 16.3. The highest BCUT2D eigenvalue weighted by molar-refractivity contribution is 6.30. The Bertz CT molecular complexity index is 1020. The second-order valence-electron chi connectivity index (χ2n) is 7.18. The summed E-state index contributed by atoms with van der Waals surface area (Å²) < 4.78 is 0. The topological polar surface area (TPSA) is 49.0 Å². The van der Waals surface area contributed by atoms with Crippen LogP contribution in [0.3, 0.4) is 0 Å². The molecule has 0 spiro atoms. The van der Waals surface area contributed by atoms with Gasteiger partial charge in [0.2, 0.25) is 0 Å². The maximum absolute atomic E-state index is 12.6. The molecular weight excluding hydrogens is 358 g/mol. The Kier molecular flexibility index (Phi) is 4.85. The minimum Gasteiger partial charge on any atom is -0.306 e. The van der Waals surface area contributed by atoms with E-state index in [1.807, 2.05) is 24.3 Å². The molecule has 4 nitrogen and oxygen atoms in total. The van der Waals surface area contributed by atoms with Gasteiger partial charge in [-0.05, 0) is 61.2 Å². The normalized spacial score (nSPS) is 14.2. The van der Waals surface area contributed by atoms with E-state index in [2.05, 4.69) is 41.9 Å². The van der Waals surface area contributed by atoms with Crippen molar-refractivity contribution in [3.05, 3.63) is 85.8 Å². The molecule has 0 saturated heterocycles. The SMILES string of the molecule is Cc1cccc(C)c1CN1CCc2c(nc(-c3ccc(Cl)cc3)[nH]c2=O)C1. The Morgan fingerprint density at radius 2 is 1.81 bits per heavy atom. The molecule has 5 heteroatoms. The summed E-state index contributed by atoms with van der Waals surface area (Å²) in [5.41, 5.74) is 6.50. The molecule has 2 heterocycles.